The number of nitrogens with zero attached hydrogens (tertiary/aromatic N) is 1. The van der Waals surface area contributed by atoms with Crippen LogP contribution >= 0.6 is 24.0 Å². The van der Waals surface area contributed by atoms with Crippen molar-refractivity contribution in [2.45, 2.75) is 40.0 Å². The van der Waals surface area contributed by atoms with Gasteiger partial charge in [0.25, 0.3) is 0 Å². The van der Waals surface area contributed by atoms with E-state index < -0.39 is 10.0 Å². The number of sulfonamides is 1. The second kappa shape index (κ2) is 13.3. The molecule has 0 aliphatic rings. The van der Waals surface area contributed by atoms with E-state index in [4.69, 9.17) is 0 Å². The molecule has 1 rings (SSSR count). The average molecular weight is 496 g/mol. The van der Waals surface area contributed by atoms with E-state index >= 15 is 0 Å². The Morgan fingerprint density at radius 2 is 1.77 bits per heavy atom. The highest BCUT2D eigenvalue weighted by molar-refractivity contribution is 14.0. The molecule has 0 amide bonds. The largest absolute Gasteiger partial charge is 0.357 e. The average Bonchev–Trinajstić information content (AvgIpc) is 2.59. The molecule has 6 nitrogen and oxygen atoms in total. The number of benzene rings is 1. The fourth-order valence-electron chi connectivity index (χ4n) is 2.20. The summed E-state index contributed by atoms with van der Waals surface area (Å²) in [6.45, 7) is 10.5. The van der Waals surface area contributed by atoms with Crippen molar-refractivity contribution in [2.24, 2.45) is 4.99 Å². The SMILES string of the molecule is CCNC(=NCC(C)c1ccc(C)cc1)NCCCNS(=O)(=O)CC.I. The van der Waals surface area contributed by atoms with Gasteiger partial charge >= 0.3 is 0 Å². The van der Waals surface area contributed by atoms with Crippen LogP contribution in [0.2, 0.25) is 0 Å². The van der Waals surface area contributed by atoms with Gasteiger partial charge in [-0.3, -0.25) is 4.99 Å². The lowest BCUT2D eigenvalue weighted by molar-refractivity contribution is 0.579. The topological polar surface area (TPSA) is 82.6 Å². The molecule has 0 fully saturated rings. The lowest BCUT2D eigenvalue weighted by Crippen LogP contribution is -2.39. The molecule has 0 aromatic heterocycles. The van der Waals surface area contributed by atoms with Crippen molar-refractivity contribution >= 4 is 40.0 Å². The third-order valence-corrected chi connectivity index (χ3v) is 5.27. The zero-order valence-corrected chi connectivity index (χ0v) is 19.4. The Hall–Kier alpha value is -0.870. The highest BCUT2D eigenvalue weighted by Crippen LogP contribution is 2.15. The lowest BCUT2D eigenvalue weighted by Gasteiger charge is -2.14. The van der Waals surface area contributed by atoms with Crippen LogP contribution in [0.15, 0.2) is 29.3 Å². The summed E-state index contributed by atoms with van der Waals surface area (Å²) in [5, 5.41) is 6.46. The fourth-order valence-corrected chi connectivity index (χ4v) is 2.85. The first-order valence-corrected chi connectivity index (χ1v) is 10.6. The Morgan fingerprint density at radius 3 is 2.35 bits per heavy atom. The molecule has 0 saturated heterocycles. The third-order valence-electron chi connectivity index (χ3n) is 3.86. The maximum Gasteiger partial charge on any atom is 0.211 e. The van der Waals surface area contributed by atoms with Gasteiger partial charge in [-0.25, -0.2) is 13.1 Å². The minimum absolute atomic E-state index is 0. The molecule has 1 aromatic carbocycles. The zero-order valence-electron chi connectivity index (χ0n) is 16.2. The Labute approximate surface area is 175 Å². The molecule has 0 aliphatic heterocycles. The van der Waals surface area contributed by atoms with Gasteiger partial charge in [-0.15, -0.1) is 24.0 Å². The van der Waals surface area contributed by atoms with E-state index in [2.05, 4.69) is 58.5 Å². The number of hydrogen-bond donors (Lipinski definition) is 3. The van der Waals surface area contributed by atoms with Crippen LogP contribution in [0, 0.1) is 6.92 Å². The number of hydrogen-bond acceptors (Lipinski definition) is 3. The number of halogens is 1. The van der Waals surface area contributed by atoms with Crippen LogP contribution in [-0.4, -0.2) is 46.3 Å². The van der Waals surface area contributed by atoms with Gasteiger partial charge in [-0.1, -0.05) is 36.8 Å². The second-order valence-electron chi connectivity index (χ2n) is 6.11. The zero-order chi connectivity index (χ0) is 18.7. The van der Waals surface area contributed by atoms with E-state index in [1.807, 2.05) is 6.92 Å². The third kappa shape index (κ3) is 10.3. The molecule has 0 spiro atoms. The first-order chi connectivity index (χ1) is 11.9. The maximum atomic E-state index is 11.4. The summed E-state index contributed by atoms with van der Waals surface area (Å²) in [5.41, 5.74) is 2.53. The van der Waals surface area contributed by atoms with Gasteiger partial charge < -0.3 is 10.6 Å². The van der Waals surface area contributed by atoms with Crippen LogP contribution in [0.25, 0.3) is 0 Å². The Morgan fingerprint density at radius 1 is 1.12 bits per heavy atom. The van der Waals surface area contributed by atoms with Crippen LogP contribution in [0.3, 0.4) is 0 Å². The number of aryl methyl sites for hydroxylation is 1. The summed E-state index contributed by atoms with van der Waals surface area (Å²) >= 11 is 0. The molecule has 8 heteroatoms. The number of nitrogens with one attached hydrogen (secondary N) is 3. The van der Waals surface area contributed by atoms with E-state index in [9.17, 15) is 8.42 Å². The number of guanidine groups is 1. The molecule has 1 unspecified atom stereocenters. The van der Waals surface area contributed by atoms with Crippen molar-refractivity contribution in [3.8, 4) is 0 Å². The molecule has 26 heavy (non-hydrogen) atoms. The molecule has 3 N–H and O–H groups in total. The van der Waals surface area contributed by atoms with Crippen LogP contribution in [0.5, 0.6) is 0 Å². The summed E-state index contributed by atoms with van der Waals surface area (Å²) < 4.78 is 25.3. The van der Waals surface area contributed by atoms with Gasteiger partial charge in [-0.2, -0.15) is 0 Å². The smallest absolute Gasteiger partial charge is 0.211 e. The molecule has 0 heterocycles. The van der Waals surface area contributed by atoms with Gasteiger partial charge in [0.15, 0.2) is 5.96 Å². The second-order valence-corrected chi connectivity index (χ2v) is 8.20. The van der Waals surface area contributed by atoms with Crippen molar-refractivity contribution in [1.82, 2.24) is 15.4 Å². The van der Waals surface area contributed by atoms with Crippen molar-refractivity contribution in [2.75, 3.05) is 31.9 Å². The summed E-state index contributed by atoms with van der Waals surface area (Å²) in [6, 6.07) is 8.54. The van der Waals surface area contributed by atoms with E-state index in [-0.39, 0.29) is 29.7 Å². The summed E-state index contributed by atoms with van der Waals surface area (Å²) in [6.07, 6.45) is 0.706. The van der Waals surface area contributed by atoms with Crippen molar-refractivity contribution in [3.05, 3.63) is 35.4 Å². The number of aliphatic imine (C=N–C) groups is 1. The standard InChI is InChI=1S/C18H32N4O2S.HI/c1-5-19-18(20-12-7-13-22-25(23,24)6-2)21-14-16(4)17-10-8-15(3)9-11-17;/h8-11,16,22H,5-7,12-14H2,1-4H3,(H2,19,20,21);1H. The molecular formula is C18H33IN4O2S. The van der Waals surface area contributed by atoms with Gasteiger partial charge in [-0.05, 0) is 32.8 Å². The van der Waals surface area contributed by atoms with Gasteiger partial charge in [0, 0.05) is 32.1 Å². The van der Waals surface area contributed by atoms with Crippen LogP contribution in [-0.2, 0) is 10.0 Å². The summed E-state index contributed by atoms with van der Waals surface area (Å²) in [5.74, 6) is 1.22. The summed E-state index contributed by atoms with van der Waals surface area (Å²) in [4.78, 5) is 4.63. The van der Waals surface area contributed by atoms with Crippen LogP contribution in [0.4, 0.5) is 0 Å². The highest BCUT2D eigenvalue weighted by atomic mass is 127. The first-order valence-electron chi connectivity index (χ1n) is 8.94. The normalized spacial score (nSPS) is 13.0. The number of rotatable bonds is 10. The van der Waals surface area contributed by atoms with Gasteiger partial charge in [0.2, 0.25) is 10.0 Å². The predicted molar refractivity (Wildman–Crippen MR) is 121 cm³/mol. The fraction of sp³-hybridized carbons (Fsp3) is 0.611. The summed E-state index contributed by atoms with van der Waals surface area (Å²) in [7, 11) is -3.11. The van der Waals surface area contributed by atoms with E-state index in [1.54, 1.807) is 6.92 Å². The van der Waals surface area contributed by atoms with Gasteiger partial charge in [0.1, 0.15) is 0 Å². The van der Waals surface area contributed by atoms with Crippen LogP contribution < -0.4 is 15.4 Å². The van der Waals surface area contributed by atoms with E-state index in [1.165, 1.54) is 11.1 Å². The van der Waals surface area contributed by atoms with E-state index in [0.29, 0.717) is 32.0 Å². The Bertz CT molecular complexity index is 633. The first kappa shape index (κ1) is 25.1. The predicted octanol–water partition coefficient (Wildman–Crippen LogP) is 2.60. The van der Waals surface area contributed by atoms with Crippen molar-refractivity contribution in [3.63, 3.8) is 0 Å². The van der Waals surface area contributed by atoms with E-state index in [0.717, 1.165) is 12.5 Å². The van der Waals surface area contributed by atoms with Crippen molar-refractivity contribution in [1.29, 1.82) is 0 Å². The lowest BCUT2D eigenvalue weighted by atomic mass is 10.0. The monoisotopic (exact) mass is 496 g/mol. The minimum Gasteiger partial charge on any atom is -0.357 e. The molecule has 0 saturated carbocycles. The van der Waals surface area contributed by atoms with Crippen molar-refractivity contribution < 1.29 is 8.42 Å². The van der Waals surface area contributed by atoms with Gasteiger partial charge in [0.05, 0.1) is 5.75 Å². The quantitative estimate of drug-likeness (QED) is 0.201. The Balaban J connectivity index is 0.00000625. The molecule has 0 aliphatic carbocycles. The van der Waals surface area contributed by atoms with Crippen LogP contribution in [0.1, 0.15) is 44.2 Å². The molecule has 150 valence electrons. The maximum absolute atomic E-state index is 11.4. The molecule has 0 bridgehead atoms. The Kier molecular flexibility index (Phi) is 12.9. The molecular weight excluding hydrogens is 463 g/mol. The molecule has 1 aromatic rings. The highest BCUT2D eigenvalue weighted by Gasteiger charge is 2.06. The molecule has 0 radical (unpaired) electrons. The minimum atomic E-state index is -3.11. The molecule has 1 atom stereocenters.